The first-order chi connectivity index (χ1) is 12.3. The highest BCUT2D eigenvalue weighted by molar-refractivity contribution is 5.51. The molecule has 2 aromatic carbocycles. The van der Waals surface area contributed by atoms with Crippen LogP contribution in [-0.2, 0) is 6.18 Å². The third-order valence-corrected chi connectivity index (χ3v) is 3.50. The average molecular weight is 363 g/mol. The summed E-state index contributed by atoms with van der Waals surface area (Å²) in [6.07, 6.45) is -4.69. The molecule has 0 saturated carbocycles. The molecule has 1 heterocycles. The highest BCUT2D eigenvalue weighted by Gasteiger charge is 2.33. The van der Waals surface area contributed by atoms with E-state index >= 15 is 0 Å². The molecule has 0 saturated heterocycles. The molecule has 0 spiro atoms. The van der Waals surface area contributed by atoms with Crippen LogP contribution < -0.4 is 4.74 Å². The van der Waals surface area contributed by atoms with Crippen LogP contribution in [0.1, 0.15) is 11.3 Å². The summed E-state index contributed by atoms with van der Waals surface area (Å²) in [6.45, 7) is 1.70. The second kappa shape index (κ2) is 6.51. The van der Waals surface area contributed by atoms with Crippen LogP contribution in [0, 0.1) is 17.0 Å². The molecule has 0 aliphatic heterocycles. The van der Waals surface area contributed by atoms with Crippen LogP contribution in [-0.4, -0.2) is 14.7 Å². The Morgan fingerprint density at radius 3 is 2.42 bits per heavy atom. The van der Waals surface area contributed by atoms with Crippen molar-refractivity contribution < 1.29 is 22.8 Å². The van der Waals surface area contributed by atoms with Gasteiger partial charge in [-0.1, -0.05) is 18.2 Å². The first-order valence-electron chi connectivity index (χ1n) is 7.41. The van der Waals surface area contributed by atoms with Crippen molar-refractivity contribution in [2.24, 2.45) is 0 Å². The predicted octanol–water partition coefficient (Wildman–Crippen LogP) is 4.90. The third-order valence-electron chi connectivity index (χ3n) is 3.50. The standard InChI is InChI=1S/C17H12F3N3O3/c1-11-9-16(22(21-11)13-5-3-2-4-6-13)26-15-8-7-12(17(18,19)20)10-14(15)23(24)25/h2-10H,1H3. The van der Waals surface area contributed by atoms with E-state index in [0.717, 1.165) is 12.1 Å². The molecule has 0 radical (unpaired) electrons. The maximum atomic E-state index is 12.8. The first-order valence-corrected chi connectivity index (χ1v) is 7.41. The SMILES string of the molecule is Cc1cc(Oc2ccc(C(F)(F)F)cc2[N+](=O)[O-])n(-c2ccccc2)n1. The minimum atomic E-state index is -4.69. The van der Waals surface area contributed by atoms with Gasteiger partial charge in [-0.25, -0.2) is 4.68 Å². The lowest BCUT2D eigenvalue weighted by Gasteiger charge is -2.11. The minimum Gasteiger partial charge on any atom is -0.432 e. The summed E-state index contributed by atoms with van der Waals surface area (Å²) < 4.78 is 45.4. The van der Waals surface area contributed by atoms with Crippen molar-refractivity contribution in [3.8, 4) is 17.3 Å². The molecule has 26 heavy (non-hydrogen) atoms. The first kappa shape index (κ1) is 17.5. The molecule has 0 aliphatic carbocycles. The highest BCUT2D eigenvalue weighted by atomic mass is 19.4. The maximum absolute atomic E-state index is 12.8. The lowest BCUT2D eigenvalue weighted by Crippen LogP contribution is -2.06. The Hall–Kier alpha value is -3.36. The molecule has 0 atom stereocenters. The largest absolute Gasteiger partial charge is 0.432 e. The van der Waals surface area contributed by atoms with Crippen molar-refractivity contribution in [3.05, 3.63) is 76.0 Å². The number of nitrogens with zero attached hydrogens (tertiary/aromatic N) is 3. The lowest BCUT2D eigenvalue weighted by atomic mass is 10.2. The number of alkyl halides is 3. The molecule has 1 aromatic heterocycles. The smallest absolute Gasteiger partial charge is 0.416 e. The van der Waals surface area contributed by atoms with E-state index in [-0.39, 0.29) is 11.6 Å². The summed E-state index contributed by atoms with van der Waals surface area (Å²) in [5.74, 6) is -0.156. The van der Waals surface area contributed by atoms with Gasteiger partial charge in [0, 0.05) is 12.1 Å². The topological polar surface area (TPSA) is 70.2 Å². The predicted molar refractivity (Wildman–Crippen MR) is 86.5 cm³/mol. The molecular weight excluding hydrogens is 351 g/mol. The number of hydrogen-bond donors (Lipinski definition) is 0. The van der Waals surface area contributed by atoms with E-state index in [4.69, 9.17) is 4.74 Å². The fourth-order valence-electron chi connectivity index (χ4n) is 2.34. The van der Waals surface area contributed by atoms with Gasteiger partial charge < -0.3 is 4.74 Å². The number of rotatable bonds is 4. The van der Waals surface area contributed by atoms with Gasteiger partial charge in [0.05, 0.1) is 21.9 Å². The number of nitro benzene ring substituents is 1. The van der Waals surface area contributed by atoms with E-state index in [2.05, 4.69) is 5.10 Å². The Labute approximate surface area is 145 Å². The zero-order valence-corrected chi connectivity index (χ0v) is 13.4. The zero-order chi connectivity index (χ0) is 18.9. The van der Waals surface area contributed by atoms with Gasteiger partial charge in [-0.15, -0.1) is 0 Å². The molecule has 0 N–H and O–H groups in total. The Morgan fingerprint density at radius 1 is 1.12 bits per heavy atom. The highest BCUT2D eigenvalue weighted by Crippen LogP contribution is 2.38. The van der Waals surface area contributed by atoms with E-state index in [1.165, 1.54) is 10.7 Å². The average Bonchev–Trinajstić information content (AvgIpc) is 2.95. The van der Waals surface area contributed by atoms with Crippen molar-refractivity contribution in [3.63, 3.8) is 0 Å². The summed E-state index contributed by atoms with van der Waals surface area (Å²) in [5, 5.41) is 15.4. The van der Waals surface area contributed by atoms with Gasteiger partial charge in [0.25, 0.3) is 0 Å². The number of halogens is 3. The van der Waals surface area contributed by atoms with Crippen LogP contribution in [0.2, 0.25) is 0 Å². The fraction of sp³-hybridized carbons (Fsp3) is 0.118. The van der Waals surface area contributed by atoms with Crippen molar-refractivity contribution in [1.29, 1.82) is 0 Å². The van der Waals surface area contributed by atoms with Crippen LogP contribution in [0.25, 0.3) is 5.69 Å². The van der Waals surface area contributed by atoms with E-state index in [1.807, 2.05) is 0 Å². The molecule has 0 amide bonds. The quantitative estimate of drug-likeness (QED) is 0.488. The molecule has 0 bridgehead atoms. The van der Waals surface area contributed by atoms with Gasteiger partial charge in [-0.2, -0.15) is 18.3 Å². The van der Waals surface area contributed by atoms with Gasteiger partial charge in [0.15, 0.2) is 0 Å². The van der Waals surface area contributed by atoms with Crippen molar-refractivity contribution in [2.45, 2.75) is 13.1 Å². The van der Waals surface area contributed by atoms with Crippen LogP contribution in [0.4, 0.5) is 18.9 Å². The number of aryl methyl sites for hydroxylation is 1. The van der Waals surface area contributed by atoms with E-state index < -0.39 is 22.4 Å². The molecule has 0 aliphatic rings. The Kier molecular flexibility index (Phi) is 4.37. The number of hydrogen-bond acceptors (Lipinski definition) is 4. The van der Waals surface area contributed by atoms with Gasteiger partial charge in [-0.3, -0.25) is 10.1 Å². The molecule has 3 rings (SSSR count). The summed E-state index contributed by atoms with van der Waals surface area (Å²) in [7, 11) is 0. The van der Waals surface area contributed by atoms with Crippen molar-refractivity contribution in [2.75, 3.05) is 0 Å². The second-order valence-electron chi connectivity index (χ2n) is 5.41. The van der Waals surface area contributed by atoms with Gasteiger partial charge in [0.1, 0.15) is 0 Å². The van der Waals surface area contributed by atoms with Crippen LogP contribution in [0.15, 0.2) is 54.6 Å². The molecular formula is C17H12F3N3O3. The minimum absolute atomic E-state index is 0.150. The van der Waals surface area contributed by atoms with E-state index in [0.29, 0.717) is 17.4 Å². The van der Waals surface area contributed by atoms with Crippen LogP contribution >= 0.6 is 0 Å². The number of ether oxygens (including phenoxy) is 1. The fourth-order valence-corrected chi connectivity index (χ4v) is 2.34. The number of nitro groups is 1. The van der Waals surface area contributed by atoms with Crippen molar-refractivity contribution >= 4 is 5.69 Å². The summed E-state index contributed by atoms with van der Waals surface area (Å²) in [5.41, 5.74) is -0.675. The molecule has 6 nitrogen and oxygen atoms in total. The van der Waals surface area contributed by atoms with Crippen LogP contribution in [0.5, 0.6) is 11.6 Å². The van der Waals surface area contributed by atoms with Gasteiger partial charge >= 0.3 is 11.9 Å². The number of benzene rings is 2. The normalized spacial score (nSPS) is 11.4. The molecule has 9 heteroatoms. The third kappa shape index (κ3) is 3.51. The summed E-state index contributed by atoms with van der Waals surface area (Å²) in [4.78, 5) is 10.3. The second-order valence-corrected chi connectivity index (χ2v) is 5.41. The monoisotopic (exact) mass is 363 g/mol. The molecule has 0 fully saturated rings. The lowest BCUT2D eigenvalue weighted by molar-refractivity contribution is -0.385. The van der Waals surface area contributed by atoms with Gasteiger partial charge in [0.2, 0.25) is 11.6 Å². The van der Waals surface area contributed by atoms with Crippen LogP contribution in [0.3, 0.4) is 0 Å². The molecule has 3 aromatic rings. The Bertz CT molecular complexity index is 953. The number of para-hydroxylation sites is 1. The molecule has 0 unspecified atom stereocenters. The van der Waals surface area contributed by atoms with Gasteiger partial charge in [-0.05, 0) is 31.2 Å². The zero-order valence-electron chi connectivity index (χ0n) is 13.4. The Morgan fingerprint density at radius 2 is 1.81 bits per heavy atom. The van der Waals surface area contributed by atoms with Crippen molar-refractivity contribution in [1.82, 2.24) is 9.78 Å². The summed E-state index contributed by atoms with van der Waals surface area (Å²) >= 11 is 0. The van der Waals surface area contributed by atoms with E-state index in [9.17, 15) is 23.3 Å². The maximum Gasteiger partial charge on any atom is 0.416 e. The molecule has 134 valence electrons. The Balaban J connectivity index is 2.04. The van der Waals surface area contributed by atoms with E-state index in [1.54, 1.807) is 37.3 Å². The summed E-state index contributed by atoms with van der Waals surface area (Å²) in [6, 6.07) is 12.5. The number of aromatic nitrogens is 2.